The fraction of sp³-hybridized carbons (Fsp3) is 0.471. The van der Waals surface area contributed by atoms with Crippen LogP contribution in [0.1, 0.15) is 18.9 Å². The van der Waals surface area contributed by atoms with Crippen molar-refractivity contribution in [1.29, 1.82) is 0 Å². The Balaban J connectivity index is 1.92. The van der Waals surface area contributed by atoms with Crippen LogP contribution in [0.2, 0.25) is 0 Å². The standard InChI is InChI=1S/C17H22N2O5S/c1-4-24-17(22)12-9-25-14(16(21)19-12)8-15(20)18-11-7-10(2)5-6-13(11)23-3/h5-7,12,14H,4,8-9H2,1-3H3,(H,18,20)(H,19,21)/t12-,14+/m0/s1. The molecular weight excluding hydrogens is 344 g/mol. The Kier molecular flexibility index (Phi) is 6.69. The predicted octanol–water partition coefficient (Wildman–Crippen LogP) is 1.50. The molecule has 1 saturated heterocycles. The highest BCUT2D eigenvalue weighted by molar-refractivity contribution is 8.00. The van der Waals surface area contributed by atoms with Crippen molar-refractivity contribution in [1.82, 2.24) is 5.32 Å². The van der Waals surface area contributed by atoms with Gasteiger partial charge in [-0.2, -0.15) is 0 Å². The number of thioether (sulfide) groups is 1. The molecule has 2 amide bonds. The fourth-order valence-corrected chi connectivity index (χ4v) is 3.54. The maximum absolute atomic E-state index is 12.3. The van der Waals surface area contributed by atoms with Gasteiger partial charge in [-0.15, -0.1) is 11.8 Å². The summed E-state index contributed by atoms with van der Waals surface area (Å²) in [6.07, 6.45) is 0.0170. The number of carbonyl (C=O) groups excluding carboxylic acids is 3. The molecule has 2 atom stereocenters. The zero-order valence-corrected chi connectivity index (χ0v) is 15.3. The maximum atomic E-state index is 12.3. The second kappa shape index (κ2) is 8.75. The first kappa shape index (κ1) is 19.1. The first-order valence-electron chi connectivity index (χ1n) is 7.97. The topological polar surface area (TPSA) is 93.7 Å². The number of esters is 1. The fourth-order valence-electron chi connectivity index (χ4n) is 2.40. The Bertz CT molecular complexity index is 664. The molecule has 7 nitrogen and oxygen atoms in total. The molecule has 0 spiro atoms. The quantitative estimate of drug-likeness (QED) is 0.741. The van der Waals surface area contributed by atoms with Crippen molar-refractivity contribution in [2.45, 2.75) is 31.6 Å². The number of ether oxygens (including phenoxy) is 2. The van der Waals surface area contributed by atoms with Gasteiger partial charge in [-0.1, -0.05) is 6.07 Å². The number of anilines is 1. The molecule has 1 heterocycles. The number of hydrogen-bond acceptors (Lipinski definition) is 6. The Hall–Kier alpha value is -2.22. The van der Waals surface area contributed by atoms with Gasteiger partial charge >= 0.3 is 5.97 Å². The first-order chi connectivity index (χ1) is 11.9. The van der Waals surface area contributed by atoms with E-state index in [0.29, 0.717) is 17.2 Å². The highest BCUT2D eigenvalue weighted by atomic mass is 32.2. The van der Waals surface area contributed by atoms with Gasteiger partial charge in [-0.3, -0.25) is 9.59 Å². The maximum Gasteiger partial charge on any atom is 0.329 e. The van der Waals surface area contributed by atoms with Crippen molar-refractivity contribution in [3.05, 3.63) is 23.8 Å². The van der Waals surface area contributed by atoms with Crippen molar-refractivity contribution < 1.29 is 23.9 Å². The van der Waals surface area contributed by atoms with E-state index in [9.17, 15) is 14.4 Å². The van der Waals surface area contributed by atoms with Gasteiger partial charge in [-0.05, 0) is 31.5 Å². The smallest absolute Gasteiger partial charge is 0.329 e. The van der Waals surface area contributed by atoms with Gasteiger partial charge in [0.2, 0.25) is 11.8 Å². The van der Waals surface area contributed by atoms with Gasteiger partial charge in [-0.25, -0.2) is 4.79 Å². The van der Waals surface area contributed by atoms with Crippen LogP contribution >= 0.6 is 11.8 Å². The Morgan fingerprint density at radius 1 is 1.40 bits per heavy atom. The summed E-state index contributed by atoms with van der Waals surface area (Å²) in [5, 5.41) is 4.85. The second-order valence-electron chi connectivity index (χ2n) is 5.59. The van der Waals surface area contributed by atoms with Crippen LogP contribution < -0.4 is 15.4 Å². The second-order valence-corrected chi connectivity index (χ2v) is 6.83. The van der Waals surface area contributed by atoms with Crippen LogP contribution in [-0.4, -0.2) is 48.5 Å². The van der Waals surface area contributed by atoms with Crippen molar-refractivity contribution in [3.8, 4) is 5.75 Å². The average molecular weight is 366 g/mol. The summed E-state index contributed by atoms with van der Waals surface area (Å²) in [5.41, 5.74) is 1.55. The molecule has 0 saturated carbocycles. The molecular formula is C17H22N2O5S. The third-order valence-corrected chi connectivity index (χ3v) is 4.95. The minimum absolute atomic E-state index is 0.0170. The average Bonchev–Trinajstić information content (AvgIpc) is 2.57. The number of amides is 2. The molecule has 0 radical (unpaired) electrons. The van der Waals surface area contributed by atoms with Gasteiger partial charge in [0.1, 0.15) is 11.8 Å². The van der Waals surface area contributed by atoms with E-state index in [1.165, 1.54) is 18.9 Å². The lowest BCUT2D eigenvalue weighted by Crippen LogP contribution is -2.51. The van der Waals surface area contributed by atoms with Crippen LogP contribution in [0, 0.1) is 6.92 Å². The third kappa shape index (κ3) is 5.12. The number of hydrogen-bond donors (Lipinski definition) is 2. The Labute approximate surface area is 150 Å². The van der Waals surface area contributed by atoms with E-state index in [4.69, 9.17) is 9.47 Å². The molecule has 136 valence electrons. The Morgan fingerprint density at radius 2 is 2.16 bits per heavy atom. The van der Waals surface area contributed by atoms with Crippen molar-refractivity contribution in [3.63, 3.8) is 0 Å². The molecule has 2 N–H and O–H groups in total. The molecule has 1 fully saturated rings. The van der Waals surface area contributed by atoms with Gasteiger partial charge in [0.05, 0.1) is 24.7 Å². The van der Waals surface area contributed by atoms with Crippen molar-refractivity contribution in [2.24, 2.45) is 0 Å². The molecule has 1 aromatic rings. The number of nitrogens with one attached hydrogen (secondary N) is 2. The van der Waals surface area contributed by atoms with Gasteiger partial charge < -0.3 is 20.1 Å². The zero-order chi connectivity index (χ0) is 18.4. The lowest BCUT2D eigenvalue weighted by molar-refractivity contribution is -0.146. The van der Waals surface area contributed by atoms with E-state index in [-0.39, 0.29) is 24.8 Å². The lowest BCUT2D eigenvalue weighted by atomic mass is 10.2. The first-order valence-corrected chi connectivity index (χ1v) is 9.02. The predicted molar refractivity (Wildman–Crippen MR) is 95.8 cm³/mol. The van der Waals surface area contributed by atoms with Crippen LogP contribution in [0.25, 0.3) is 0 Å². The minimum atomic E-state index is -0.659. The van der Waals surface area contributed by atoms with Crippen LogP contribution in [0.5, 0.6) is 5.75 Å². The van der Waals surface area contributed by atoms with Gasteiger partial charge in [0, 0.05) is 12.2 Å². The number of benzene rings is 1. The number of carbonyl (C=O) groups is 3. The molecule has 0 aliphatic carbocycles. The van der Waals surface area contributed by atoms with E-state index >= 15 is 0 Å². The summed E-state index contributed by atoms with van der Waals surface area (Å²) in [4.78, 5) is 36.1. The third-order valence-electron chi connectivity index (χ3n) is 3.64. The monoisotopic (exact) mass is 366 g/mol. The molecule has 0 bridgehead atoms. The zero-order valence-electron chi connectivity index (χ0n) is 14.5. The summed E-state index contributed by atoms with van der Waals surface area (Å²) in [6.45, 7) is 3.89. The summed E-state index contributed by atoms with van der Waals surface area (Å²) in [5.74, 6) is -0.124. The summed E-state index contributed by atoms with van der Waals surface area (Å²) in [6, 6.07) is 4.81. The highest BCUT2D eigenvalue weighted by Crippen LogP contribution is 2.27. The molecule has 1 aromatic carbocycles. The number of methoxy groups -OCH3 is 1. The molecule has 0 aromatic heterocycles. The van der Waals surface area contributed by atoms with Crippen LogP contribution in [0.3, 0.4) is 0 Å². The van der Waals surface area contributed by atoms with Crippen LogP contribution in [-0.2, 0) is 19.1 Å². The molecule has 1 aliphatic rings. The largest absolute Gasteiger partial charge is 0.495 e. The molecule has 2 rings (SSSR count). The van der Waals surface area contributed by atoms with E-state index in [2.05, 4.69) is 10.6 Å². The number of aryl methyl sites for hydroxylation is 1. The van der Waals surface area contributed by atoms with E-state index in [0.717, 1.165) is 5.56 Å². The Morgan fingerprint density at radius 3 is 2.80 bits per heavy atom. The minimum Gasteiger partial charge on any atom is -0.495 e. The normalized spacial score (nSPS) is 19.7. The summed E-state index contributed by atoms with van der Waals surface area (Å²) >= 11 is 1.28. The van der Waals surface area contributed by atoms with Crippen LogP contribution in [0.15, 0.2) is 18.2 Å². The SMILES string of the molecule is CCOC(=O)[C@@H]1CS[C@H](CC(=O)Nc2cc(C)ccc2OC)C(=O)N1. The molecule has 25 heavy (non-hydrogen) atoms. The van der Waals surface area contributed by atoms with E-state index in [1.54, 1.807) is 13.0 Å². The van der Waals surface area contributed by atoms with E-state index in [1.807, 2.05) is 19.1 Å². The summed E-state index contributed by atoms with van der Waals surface area (Å²) in [7, 11) is 1.53. The molecule has 0 unspecified atom stereocenters. The number of rotatable bonds is 6. The summed E-state index contributed by atoms with van der Waals surface area (Å²) < 4.78 is 10.1. The molecule has 8 heteroatoms. The van der Waals surface area contributed by atoms with Crippen molar-refractivity contribution in [2.75, 3.05) is 24.8 Å². The van der Waals surface area contributed by atoms with E-state index < -0.39 is 17.3 Å². The van der Waals surface area contributed by atoms with Crippen molar-refractivity contribution >= 4 is 35.2 Å². The van der Waals surface area contributed by atoms with Crippen LogP contribution in [0.4, 0.5) is 5.69 Å². The lowest BCUT2D eigenvalue weighted by Gasteiger charge is -2.27. The highest BCUT2D eigenvalue weighted by Gasteiger charge is 2.34. The molecule has 1 aliphatic heterocycles. The van der Waals surface area contributed by atoms with Gasteiger partial charge in [0.25, 0.3) is 0 Å². The van der Waals surface area contributed by atoms with Gasteiger partial charge in [0.15, 0.2) is 0 Å².